The summed E-state index contributed by atoms with van der Waals surface area (Å²) in [5, 5.41) is 5.01. The molecule has 0 aliphatic carbocycles. The van der Waals surface area contributed by atoms with Crippen LogP contribution < -0.4 is 15.1 Å². The van der Waals surface area contributed by atoms with E-state index in [0.717, 1.165) is 53.4 Å². The van der Waals surface area contributed by atoms with Gasteiger partial charge >= 0.3 is 0 Å². The van der Waals surface area contributed by atoms with Crippen LogP contribution in [0.5, 0.6) is 0 Å². The summed E-state index contributed by atoms with van der Waals surface area (Å²) in [5.74, 6) is 0.841. The summed E-state index contributed by atoms with van der Waals surface area (Å²) in [5.41, 5.74) is 3.13. The van der Waals surface area contributed by atoms with Crippen molar-refractivity contribution in [3.05, 3.63) is 103 Å². The first-order valence-electron chi connectivity index (χ1n) is 12.0. The van der Waals surface area contributed by atoms with Crippen LogP contribution >= 0.6 is 24.0 Å². The van der Waals surface area contributed by atoms with Gasteiger partial charge in [0.25, 0.3) is 0 Å². The second-order valence-corrected chi connectivity index (χ2v) is 10.1. The van der Waals surface area contributed by atoms with Crippen molar-refractivity contribution in [3.8, 4) is 0 Å². The van der Waals surface area contributed by atoms with Gasteiger partial charge in [-0.15, -0.1) is 0 Å². The first-order valence-corrected chi connectivity index (χ1v) is 13.2. The molecule has 2 aromatic carbocycles. The predicted molar refractivity (Wildman–Crippen MR) is 147 cm³/mol. The number of hydrogen-bond acceptors (Lipinski definition) is 6. The molecule has 0 spiro atoms. The Labute approximate surface area is 220 Å². The second-order valence-electron chi connectivity index (χ2n) is 8.68. The lowest BCUT2D eigenvalue weighted by atomic mass is 10.0. The van der Waals surface area contributed by atoms with Gasteiger partial charge in [-0.3, -0.25) is 4.98 Å². The van der Waals surface area contributed by atoms with E-state index < -0.39 is 0 Å². The van der Waals surface area contributed by atoms with Gasteiger partial charge in [-0.25, -0.2) is 0 Å². The van der Waals surface area contributed by atoms with E-state index in [1.807, 2.05) is 48.7 Å². The summed E-state index contributed by atoms with van der Waals surface area (Å²) in [7, 11) is 0. The first-order chi connectivity index (χ1) is 17.8. The number of ether oxygens (including phenoxy) is 1. The summed E-state index contributed by atoms with van der Waals surface area (Å²) >= 11 is 7.47. The third kappa shape index (κ3) is 4.72. The van der Waals surface area contributed by atoms with E-state index in [4.69, 9.17) is 21.4 Å². The summed E-state index contributed by atoms with van der Waals surface area (Å²) in [6.45, 7) is 3.33. The largest absolute Gasteiger partial charge is 0.452 e. The van der Waals surface area contributed by atoms with Gasteiger partial charge in [-0.1, -0.05) is 36.0 Å². The number of aromatic nitrogens is 1. The smallest absolute Gasteiger partial charge is 0.174 e. The third-order valence-electron chi connectivity index (χ3n) is 6.46. The molecule has 2 saturated heterocycles. The van der Waals surface area contributed by atoms with Crippen molar-refractivity contribution in [2.75, 3.05) is 36.1 Å². The highest BCUT2D eigenvalue weighted by Gasteiger charge is 2.42. The van der Waals surface area contributed by atoms with E-state index in [2.05, 4.69) is 62.6 Å². The molecule has 4 heterocycles. The molecule has 0 radical (unpaired) electrons. The maximum Gasteiger partial charge on any atom is 0.174 e. The Morgan fingerprint density at radius 3 is 2.36 bits per heavy atom. The molecule has 2 aromatic heterocycles. The molecular formula is C28H26N4O2S2. The molecule has 2 aliphatic rings. The maximum atomic E-state index is 6.41. The molecule has 2 aliphatic heterocycles. The van der Waals surface area contributed by atoms with Gasteiger partial charge in [-0.05, 0) is 72.9 Å². The molecule has 2 fully saturated rings. The molecule has 0 amide bonds. The zero-order chi connectivity index (χ0) is 24.3. The molecule has 1 N–H and O–H groups in total. The molecule has 0 unspecified atom stereocenters. The average molecular weight is 515 g/mol. The monoisotopic (exact) mass is 514 g/mol. The summed E-state index contributed by atoms with van der Waals surface area (Å²) in [4.78, 5) is 10.3. The fraction of sp³-hybridized carbons (Fsp3) is 0.214. The molecule has 8 heteroatoms. The van der Waals surface area contributed by atoms with Gasteiger partial charge < -0.3 is 24.3 Å². The Balaban J connectivity index is 1.33. The van der Waals surface area contributed by atoms with Crippen LogP contribution in [0.3, 0.4) is 0 Å². The molecule has 6 rings (SSSR count). The van der Waals surface area contributed by atoms with Gasteiger partial charge in [0.15, 0.2) is 10.2 Å². The van der Waals surface area contributed by atoms with Crippen LogP contribution in [0.25, 0.3) is 0 Å². The van der Waals surface area contributed by atoms with Crippen molar-refractivity contribution < 1.29 is 9.15 Å². The minimum absolute atomic E-state index is 0.140. The second kappa shape index (κ2) is 10.3. The number of nitrogens with zero attached hydrogens (tertiary/aromatic N) is 3. The quantitative estimate of drug-likeness (QED) is 0.322. The lowest BCUT2D eigenvalue weighted by molar-refractivity contribution is 0.122. The van der Waals surface area contributed by atoms with Gasteiger partial charge in [0.05, 0.1) is 24.9 Å². The highest BCUT2D eigenvalue weighted by Crippen LogP contribution is 2.43. The number of pyridine rings is 1. The van der Waals surface area contributed by atoms with E-state index in [9.17, 15) is 0 Å². The third-order valence-corrected chi connectivity index (χ3v) is 7.70. The van der Waals surface area contributed by atoms with Crippen LogP contribution in [0.4, 0.5) is 11.4 Å². The lowest BCUT2D eigenvalue weighted by Crippen LogP contribution is -2.36. The molecule has 0 bridgehead atoms. The van der Waals surface area contributed by atoms with Crippen LogP contribution in [0, 0.1) is 0 Å². The molecule has 0 saturated carbocycles. The topological polar surface area (TPSA) is 53.8 Å². The zero-order valence-electron chi connectivity index (χ0n) is 19.6. The summed E-state index contributed by atoms with van der Waals surface area (Å²) < 4.78 is 11.9. The average Bonchev–Trinajstić information content (AvgIpc) is 3.54. The van der Waals surface area contributed by atoms with E-state index in [-0.39, 0.29) is 12.1 Å². The fourth-order valence-corrected chi connectivity index (χ4v) is 5.87. The van der Waals surface area contributed by atoms with Crippen LogP contribution in [0.1, 0.15) is 23.5 Å². The van der Waals surface area contributed by atoms with Crippen LogP contribution in [-0.2, 0) is 4.74 Å². The van der Waals surface area contributed by atoms with Crippen molar-refractivity contribution in [1.29, 1.82) is 0 Å². The number of benzene rings is 2. The van der Waals surface area contributed by atoms with Gasteiger partial charge in [0.2, 0.25) is 0 Å². The van der Waals surface area contributed by atoms with Gasteiger partial charge in [0, 0.05) is 35.6 Å². The zero-order valence-corrected chi connectivity index (χ0v) is 21.3. The van der Waals surface area contributed by atoms with Crippen molar-refractivity contribution in [2.45, 2.75) is 22.1 Å². The van der Waals surface area contributed by atoms with E-state index >= 15 is 0 Å². The lowest BCUT2D eigenvalue weighted by Gasteiger charge is -2.30. The number of rotatable bonds is 6. The number of morpholine rings is 1. The van der Waals surface area contributed by atoms with E-state index in [1.165, 1.54) is 5.69 Å². The van der Waals surface area contributed by atoms with E-state index in [0.29, 0.717) is 5.11 Å². The number of thiocarbonyl (C=S) groups is 1. The van der Waals surface area contributed by atoms with Crippen molar-refractivity contribution >= 4 is 40.5 Å². The first kappa shape index (κ1) is 23.1. The Kier molecular flexibility index (Phi) is 6.63. The van der Waals surface area contributed by atoms with E-state index in [1.54, 1.807) is 11.8 Å². The summed E-state index contributed by atoms with van der Waals surface area (Å²) in [6.07, 6.45) is 1.82. The maximum absolute atomic E-state index is 6.41. The predicted octanol–water partition coefficient (Wildman–Crippen LogP) is 5.84. The van der Waals surface area contributed by atoms with Gasteiger partial charge in [-0.2, -0.15) is 0 Å². The number of nitrogens with one attached hydrogen (secondary N) is 1. The van der Waals surface area contributed by atoms with Crippen LogP contribution in [0.15, 0.2) is 106 Å². The molecule has 2 atom stereocenters. The molecule has 36 heavy (non-hydrogen) atoms. The van der Waals surface area contributed by atoms with Crippen LogP contribution in [-0.4, -0.2) is 36.4 Å². The number of hydrogen-bond donors (Lipinski definition) is 1. The molecular weight excluding hydrogens is 488 g/mol. The Bertz CT molecular complexity index is 1310. The SMILES string of the molecule is S=C1N[C@@H](c2ccccn2)[C@@H](c2ccc(Sc3ccccc3)o2)N1c1ccc(N2CCOCC2)cc1. The molecule has 182 valence electrons. The molecule has 6 nitrogen and oxygen atoms in total. The Hall–Kier alpha value is -3.33. The Morgan fingerprint density at radius 2 is 1.61 bits per heavy atom. The number of anilines is 2. The fourth-order valence-electron chi connectivity index (χ4n) is 4.72. The highest BCUT2D eigenvalue weighted by atomic mass is 32.2. The van der Waals surface area contributed by atoms with Crippen LogP contribution in [0.2, 0.25) is 0 Å². The van der Waals surface area contributed by atoms with Gasteiger partial charge in [0.1, 0.15) is 11.8 Å². The standard InChI is InChI=1S/C28H26N4O2S2/c35-28-30-26(23-8-4-5-15-29-23)27(24-13-14-25(34-24)36-22-6-2-1-3-7-22)32(28)21-11-9-20(10-12-21)31-16-18-33-19-17-31/h1-15,26-27H,16-19H2,(H,30,35)/t26-,27+/m0/s1. The number of furan rings is 1. The minimum atomic E-state index is -0.174. The van der Waals surface area contributed by atoms with Crippen molar-refractivity contribution in [1.82, 2.24) is 10.3 Å². The molecule has 4 aromatic rings. The van der Waals surface area contributed by atoms with Crippen molar-refractivity contribution in [3.63, 3.8) is 0 Å². The van der Waals surface area contributed by atoms with Crippen molar-refractivity contribution in [2.24, 2.45) is 0 Å². The summed E-state index contributed by atoms with van der Waals surface area (Å²) in [6, 6.07) is 28.6. The highest BCUT2D eigenvalue weighted by molar-refractivity contribution is 7.99. The Morgan fingerprint density at radius 1 is 0.861 bits per heavy atom. The normalized spacial score (nSPS) is 19.9. The minimum Gasteiger partial charge on any atom is -0.452 e.